The fraction of sp³-hybridized carbons (Fsp3) is 0.822. The molecule has 0 aromatic heterocycles. The Morgan fingerprint density at radius 1 is 0.490 bits per heavy atom. The molecule has 0 unspecified atom stereocenters. The van der Waals surface area contributed by atoms with Crippen LogP contribution in [0.25, 0.3) is 0 Å². The van der Waals surface area contributed by atoms with Gasteiger partial charge in [-0.15, -0.1) is 0 Å². The van der Waals surface area contributed by atoms with Crippen molar-refractivity contribution in [2.75, 3.05) is 100 Å². The van der Waals surface area contributed by atoms with Gasteiger partial charge in [-0.2, -0.15) is 11.8 Å². The molecule has 0 aromatic carbocycles. The molecule has 2 heterocycles. The molecule has 2 saturated heterocycles. The highest BCUT2D eigenvalue weighted by atomic mass is 32.2. The number of hydrogen-bond donors (Lipinski definition) is 6. The van der Waals surface area contributed by atoms with Crippen molar-refractivity contribution in [3.63, 3.8) is 0 Å². The number of piperazine rings is 1. The van der Waals surface area contributed by atoms with E-state index in [1.165, 1.54) is 113 Å². The molecule has 100 heavy (non-hydrogen) atoms. The summed E-state index contributed by atoms with van der Waals surface area (Å²) in [6, 6.07) is -14.4. The van der Waals surface area contributed by atoms with Gasteiger partial charge in [0.1, 0.15) is 66.5 Å². The number of thioether (sulfide) groups is 1. The molecule has 0 spiro atoms. The van der Waals surface area contributed by atoms with Gasteiger partial charge in [0.25, 0.3) is 0 Å². The largest absolute Gasteiger partial charge is 0.390 e. The van der Waals surface area contributed by atoms with E-state index >= 15 is 33.6 Å². The van der Waals surface area contributed by atoms with Crippen LogP contribution in [0.1, 0.15) is 170 Å². The first-order valence-corrected chi connectivity index (χ1v) is 37.6. The first-order chi connectivity index (χ1) is 46.3. The predicted octanol–water partition coefficient (Wildman–Crippen LogP) is 3.76. The average Bonchev–Trinajstić information content (AvgIpc) is 0.803. The fourth-order valence-electron chi connectivity index (χ4n) is 13.1. The summed E-state index contributed by atoms with van der Waals surface area (Å²) in [7, 11) is 9.95. The van der Waals surface area contributed by atoms with Crippen LogP contribution < -0.4 is 21.3 Å². The van der Waals surface area contributed by atoms with Gasteiger partial charge in [0.2, 0.25) is 65.0 Å². The summed E-state index contributed by atoms with van der Waals surface area (Å²) in [5.74, 6) is -9.13. The molecule has 0 aliphatic carbocycles. The van der Waals surface area contributed by atoms with Crippen molar-refractivity contribution in [1.82, 2.24) is 65.4 Å². The zero-order valence-electron chi connectivity index (χ0n) is 65.8. The Morgan fingerprint density at radius 2 is 0.930 bits per heavy atom. The van der Waals surface area contributed by atoms with Gasteiger partial charge in [-0.25, -0.2) is 0 Å². The standard InChI is InChI=1S/C73H133N13O13S/c1-27-29-30-49(15)61(87)60-65(91)76-52(28-2)67(93)82(24)57(42-100-36-35-85-31-33-86(34-32-85)41-46(9)10)70(96)81(23)56(40-73(18,19)99)64(90)77-58(47(11)12)71(97)78(20)53(37-43(3)4)63(89)74-50(16)62(88)75-51(17)66(92)79(21)54(38-44(5)6)68(94)80(22)55(39-45(7)8)69(95)83(25)59(48(13)14)72(98)84(60)26/h27,29,43-61,87,99H,28,30-42H2,1-26H3,(H,74,89)(H,75,88)(H,76,91)(H,77,90)/t49-,50+,51-,52+,53+,54+,55+,56+,57-,58+,59+,60+,61-/m1/s1. The van der Waals surface area contributed by atoms with Gasteiger partial charge in [-0.1, -0.05) is 109 Å². The molecule has 11 amide bonds. The highest BCUT2D eigenvalue weighted by molar-refractivity contribution is 7.99. The quantitative estimate of drug-likeness (QED) is 0.0664. The molecule has 574 valence electrons. The van der Waals surface area contributed by atoms with Crippen LogP contribution in [0.2, 0.25) is 0 Å². The van der Waals surface area contributed by atoms with Crippen LogP contribution in [-0.4, -0.2) is 298 Å². The van der Waals surface area contributed by atoms with E-state index in [1.807, 2.05) is 47.6 Å². The second kappa shape index (κ2) is 41.4. The summed E-state index contributed by atoms with van der Waals surface area (Å²) in [5.41, 5.74) is -1.59. The second-order valence-electron chi connectivity index (χ2n) is 31.3. The number of allylic oxidation sites excluding steroid dienone is 2. The third-order valence-electron chi connectivity index (χ3n) is 19.3. The Bertz CT molecular complexity index is 2740. The van der Waals surface area contributed by atoms with Gasteiger partial charge in [0.05, 0.1) is 11.7 Å². The highest BCUT2D eigenvalue weighted by Crippen LogP contribution is 2.27. The van der Waals surface area contributed by atoms with Crippen molar-refractivity contribution in [3.8, 4) is 0 Å². The van der Waals surface area contributed by atoms with Gasteiger partial charge < -0.3 is 70.7 Å². The maximum Gasteiger partial charge on any atom is 0.246 e. The van der Waals surface area contributed by atoms with Gasteiger partial charge in [-0.05, 0) is 108 Å². The van der Waals surface area contributed by atoms with E-state index in [0.29, 0.717) is 18.2 Å². The Morgan fingerprint density at radius 3 is 1.41 bits per heavy atom. The molecule has 27 heteroatoms. The number of aliphatic hydroxyl groups is 2. The first-order valence-electron chi connectivity index (χ1n) is 36.4. The zero-order valence-corrected chi connectivity index (χ0v) is 66.7. The van der Waals surface area contributed by atoms with Gasteiger partial charge in [0.15, 0.2) is 0 Å². The number of hydrogen-bond acceptors (Lipinski definition) is 16. The Kier molecular flexibility index (Phi) is 37.3. The zero-order chi connectivity index (χ0) is 76.9. The molecule has 0 aromatic rings. The Labute approximate surface area is 604 Å². The van der Waals surface area contributed by atoms with Crippen LogP contribution in [0.4, 0.5) is 0 Å². The van der Waals surface area contributed by atoms with Crippen LogP contribution >= 0.6 is 11.8 Å². The summed E-state index contributed by atoms with van der Waals surface area (Å²) in [4.78, 5) is 178. The van der Waals surface area contributed by atoms with Crippen molar-refractivity contribution >= 4 is 76.7 Å². The number of rotatable bonds is 22. The summed E-state index contributed by atoms with van der Waals surface area (Å²) in [6.07, 6.45) is 2.38. The van der Waals surface area contributed by atoms with Crippen molar-refractivity contribution in [2.24, 2.45) is 41.4 Å². The minimum absolute atomic E-state index is 0.0238. The molecule has 2 aliphatic heterocycles. The van der Waals surface area contributed by atoms with Crippen LogP contribution in [0.15, 0.2) is 12.2 Å². The fourth-order valence-corrected chi connectivity index (χ4v) is 14.2. The maximum atomic E-state index is 15.6. The lowest BCUT2D eigenvalue weighted by molar-refractivity contribution is -0.157. The number of carbonyl (C=O) groups is 11. The Hall–Kier alpha value is -5.90. The third-order valence-corrected chi connectivity index (χ3v) is 20.3. The summed E-state index contributed by atoms with van der Waals surface area (Å²) >= 11 is 1.43. The van der Waals surface area contributed by atoms with Gasteiger partial charge >= 0.3 is 0 Å². The number of amides is 11. The monoisotopic (exact) mass is 1430 g/mol. The third kappa shape index (κ3) is 26.4. The molecular formula is C73H133N13O13S. The van der Waals surface area contributed by atoms with Crippen molar-refractivity contribution in [2.45, 2.75) is 248 Å². The van der Waals surface area contributed by atoms with E-state index in [0.717, 1.165) is 42.5 Å². The minimum atomic E-state index is -1.66. The first kappa shape index (κ1) is 90.2. The molecule has 2 rings (SSSR count). The van der Waals surface area contributed by atoms with Crippen LogP contribution in [0.3, 0.4) is 0 Å². The van der Waals surface area contributed by atoms with Crippen LogP contribution in [0, 0.1) is 41.4 Å². The predicted molar refractivity (Wildman–Crippen MR) is 394 cm³/mol. The number of nitrogens with one attached hydrogen (secondary N) is 4. The molecule has 13 atom stereocenters. The highest BCUT2D eigenvalue weighted by Gasteiger charge is 2.47. The van der Waals surface area contributed by atoms with Crippen LogP contribution in [-0.2, 0) is 52.7 Å². The summed E-state index contributed by atoms with van der Waals surface area (Å²) < 4.78 is 0. The summed E-state index contributed by atoms with van der Waals surface area (Å²) in [5, 5.41) is 35.0. The topological polar surface area (TPSA) is 306 Å². The average molecular weight is 1430 g/mol. The smallest absolute Gasteiger partial charge is 0.246 e. The molecule has 2 aliphatic rings. The second-order valence-corrected chi connectivity index (χ2v) is 32.5. The van der Waals surface area contributed by atoms with E-state index in [9.17, 15) is 29.4 Å². The van der Waals surface area contributed by atoms with E-state index in [-0.39, 0.29) is 62.0 Å². The lowest BCUT2D eigenvalue weighted by Crippen LogP contribution is -2.64. The molecule has 0 saturated carbocycles. The molecule has 6 N–H and O–H groups in total. The van der Waals surface area contributed by atoms with Crippen molar-refractivity contribution in [3.05, 3.63) is 12.2 Å². The number of likely N-dealkylation sites (N-methyl/N-ethyl adjacent to an activating group) is 7. The molecule has 2 fully saturated rings. The minimum Gasteiger partial charge on any atom is -0.390 e. The molecule has 0 bridgehead atoms. The van der Waals surface area contributed by atoms with Crippen LogP contribution in [0.5, 0.6) is 0 Å². The lowest BCUT2D eigenvalue weighted by atomic mass is 9.91. The molecule has 26 nitrogen and oxygen atoms in total. The molecular weight excluding hydrogens is 1300 g/mol. The summed E-state index contributed by atoms with van der Waals surface area (Å²) in [6.45, 7) is 38.6. The van der Waals surface area contributed by atoms with Crippen molar-refractivity contribution < 1.29 is 63.0 Å². The van der Waals surface area contributed by atoms with E-state index in [2.05, 4.69) is 44.9 Å². The van der Waals surface area contributed by atoms with Crippen molar-refractivity contribution in [1.29, 1.82) is 0 Å². The lowest BCUT2D eigenvalue weighted by Gasteiger charge is -2.41. The number of nitrogens with zero attached hydrogens (tertiary/aromatic N) is 9. The normalized spacial score (nSPS) is 26.9. The van der Waals surface area contributed by atoms with Gasteiger partial charge in [-0.3, -0.25) is 57.6 Å². The number of carbonyl (C=O) groups excluding carboxylic acids is 11. The van der Waals surface area contributed by atoms with E-state index < -0.39 is 161 Å². The van der Waals surface area contributed by atoms with Gasteiger partial charge in [0, 0.05) is 107 Å². The SMILES string of the molecule is CC=CC[C@@H](C)[C@@H](O)[C@H]1C(=O)N[C@@H](CC)C(=O)N(C)[C@H](CSCCN2CCN(CC(C)C)CC2)C(=O)N(C)[C@@H](CC(C)(C)O)C(=O)N[C@@H](C(C)C)C(=O)N(C)[C@@H](CC(C)C)C(=O)N[C@@H](C)C(=O)N[C@H](C)C(=O)N(C)[C@@H](CC(C)C)C(=O)N(C)[C@@H](CC(C)C)C(=O)N(C)[C@@H](C(C)C)C(=O)N1C. The number of aliphatic hydroxyl groups excluding tert-OH is 1. The van der Waals surface area contributed by atoms with E-state index in [4.69, 9.17) is 0 Å². The Balaban J connectivity index is 3.11. The molecule has 0 radical (unpaired) electrons. The maximum absolute atomic E-state index is 15.6. The van der Waals surface area contributed by atoms with E-state index in [1.54, 1.807) is 54.5 Å².